The summed E-state index contributed by atoms with van der Waals surface area (Å²) in [5.41, 5.74) is -0.0871. The van der Waals surface area contributed by atoms with E-state index >= 15 is 0 Å². The molecule has 6 nitrogen and oxygen atoms in total. The van der Waals surface area contributed by atoms with Crippen molar-refractivity contribution in [3.63, 3.8) is 0 Å². The number of rotatable bonds is 9. The Morgan fingerprint density at radius 2 is 1.84 bits per heavy atom. The fraction of sp³-hybridized carbons (Fsp3) is 0.632. The molecule has 0 atom stereocenters. The fourth-order valence-electron chi connectivity index (χ4n) is 3.58. The average molecular weight is 510 g/mol. The molecule has 0 bridgehead atoms. The van der Waals surface area contributed by atoms with Crippen LogP contribution in [0.2, 0.25) is 0 Å². The predicted molar refractivity (Wildman–Crippen MR) is 104 cm³/mol. The van der Waals surface area contributed by atoms with Crippen LogP contribution < -0.4 is 5.32 Å². The Morgan fingerprint density at radius 3 is 2.42 bits per heavy atom. The summed E-state index contributed by atoms with van der Waals surface area (Å²) in [6.07, 6.45) is -3.41. The van der Waals surface area contributed by atoms with E-state index in [2.05, 4.69) is 31.4 Å². The maximum atomic E-state index is 13.1. The molecule has 2 aromatic rings. The van der Waals surface area contributed by atoms with Gasteiger partial charge < -0.3 is 5.32 Å². The Labute approximate surface area is 183 Å². The van der Waals surface area contributed by atoms with Crippen molar-refractivity contribution in [1.29, 1.82) is 0 Å². The fourth-order valence-corrected chi connectivity index (χ4v) is 4.36. The van der Waals surface area contributed by atoms with E-state index in [1.807, 2.05) is 0 Å². The lowest BCUT2D eigenvalue weighted by atomic mass is 10.2. The van der Waals surface area contributed by atoms with Gasteiger partial charge in [-0.05, 0) is 54.1 Å². The van der Waals surface area contributed by atoms with Crippen LogP contribution in [0.4, 0.5) is 22.0 Å². The normalized spacial score (nSPS) is 16.9. The van der Waals surface area contributed by atoms with Gasteiger partial charge in [-0.1, -0.05) is 0 Å². The Hall–Kier alpha value is -1.98. The Morgan fingerprint density at radius 1 is 1.16 bits per heavy atom. The van der Waals surface area contributed by atoms with Crippen molar-refractivity contribution in [2.75, 3.05) is 6.54 Å². The first-order valence-corrected chi connectivity index (χ1v) is 10.9. The predicted octanol–water partition coefficient (Wildman–Crippen LogP) is 4.76. The highest BCUT2D eigenvalue weighted by Crippen LogP contribution is 2.45. The first-order chi connectivity index (χ1) is 14.6. The van der Waals surface area contributed by atoms with Gasteiger partial charge in [0.25, 0.3) is 6.43 Å². The largest absolute Gasteiger partial charge is 0.435 e. The molecule has 2 aromatic heterocycles. The van der Waals surface area contributed by atoms with E-state index in [0.717, 1.165) is 31.7 Å². The van der Waals surface area contributed by atoms with Crippen LogP contribution in [0.3, 0.4) is 0 Å². The summed E-state index contributed by atoms with van der Waals surface area (Å²) < 4.78 is 68.1. The number of halogens is 6. The van der Waals surface area contributed by atoms with Gasteiger partial charge in [0.15, 0.2) is 5.69 Å². The third kappa shape index (κ3) is 5.09. The molecule has 12 heteroatoms. The van der Waals surface area contributed by atoms with Crippen LogP contribution in [-0.2, 0) is 24.1 Å². The van der Waals surface area contributed by atoms with E-state index < -0.39 is 24.2 Å². The van der Waals surface area contributed by atoms with Crippen molar-refractivity contribution in [1.82, 2.24) is 24.9 Å². The minimum atomic E-state index is -4.49. The Bertz CT molecular complexity index is 962. The van der Waals surface area contributed by atoms with Crippen LogP contribution in [0.15, 0.2) is 10.5 Å². The van der Waals surface area contributed by atoms with Crippen molar-refractivity contribution >= 4 is 21.8 Å². The molecule has 4 rings (SSSR count). The number of hydrogen-bond donors (Lipinski definition) is 1. The monoisotopic (exact) mass is 509 g/mol. The van der Waals surface area contributed by atoms with Crippen LogP contribution in [0.1, 0.15) is 73.1 Å². The second-order valence-electron chi connectivity index (χ2n) is 7.97. The number of amides is 1. The van der Waals surface area contributed by atoms with E-state index in [9.17, 15) is 26.7 Å². The molecule has 0 unspecified atom stereocenters. The second kappa shape index (κ2) is 8.51. The van der Waals surface area contributed by atoms with Gasteiger partial charge in [0.1, 0.15) is 12.2 Å². The lowest BCUT2D eigenvalue weighted by molar-refractivity contribution is -0.141. The molecule has 31 heavy (non-hydrogen) atoms. The number of nitrogens with one attached hydrogen (secondary N) is 1. The van der Waals surface area contributed by atoms with Crippen molar-refractivity contribution < 1.29 is 26.7 Å². The molecule has 2 saturated carbocycles. The first-order valence-electron chi connectivity index (χ1n) is 10.1. The highest BCUT2D eigenvalue weighted by Gasteiger charge is 2.38. The highest BCUT2D eigenvalue weighted by molar-refractivity contribution is 9.10. The molecule has 0 radical (unpaired) electrons. The van der Waals surface area contributed by atoms with Crippen LogP contribution in [0.25, 0.3) is 0 Å². The summed E-state index contributed by atoms with van der Waals surface area (Å²) in [4.78, 5) is 12.3. The minimum Gasteiger partial charge on any atom is -0.354 e. The van der Waals surface area contributed by atoms with Gasteiger partial charge in [-0.2, -0.15) is 23.4 Å². The van der Waals surface area contributed by atoms with Crippen LogP contribution in [0.5, 0.6) is 0 Å². The molecule has 0 saturated heterocycles. The number of aryl methyl sites for hydroxylation is 1. The summed E-state index contributed by atoms with van der Waals surface area (Å²) in [7, 11) is 0. The number of carbonyl (C=O) groups is 1. The molecule has 0 aromatic carbocycles. The van der Waals surface area contributed by atoms with Gasteiger partial charge in [-0.3, -0.25) is 14.2 Å². The van der Waals surface area contributed by atoms with Crippen molar-refractivity contribution in [2.24, 2.45) is 0 Å². The quantitative estimate of drug-likeness (QED) is 0.391. The van der Waals surface area contributed by atoms with Gasteiger partial charge in [0.05, 0.1) is 10.2 Å². The molecule has 2 heterocycles. The summed E-state index contributed by atoms with van der Waals surface area (Å²) in [5.74, 6) is -0.163. The zero-order valence-electron chi connectivity index (χ0n) is 16.4. The van der Waals surface area contributed by atoms with Crippen LogP contribution >= 0.6 is 15.9 Å². The van der Waals surface area contributed by atoms with E-state index in [4.69, 9.17) is 0 Å². The van der Waals surface area contributed by atoms with E-state index in [1.54, 1.807) is 0 Å². The molecule has 1 N–H and O–H groups in total. The maximum absolute atomic E-state index is 13.1. The summed E-state index contributed by atoms with van der Waals surface area (Å²) in [6, 6.07) is 1.10. The standard InChI is InChI=1S/C19H21BrF5N5O/c20-15-16(18(21)22)28-30(17(15)11-4-5-11)9-14(31)26-6-1-7-29-12(10-2-3-10)8-13(27-29)19(23,24)25/h8,10-11,18H,1-7,9H2,(H,26,31). The zero-order valence-corrected chi connectivity index (χ0v) is 18.0. The maximum Gasteiger partial charge on any atom is 0.435 e. The summed E-state index contributed by atoms with van der Waals surface area (Å²) in [6.45, 7) is 0.288. The topological polar surface area (TPSA) is 64.7 Å². The summed E-state index contributed by atoms with van der Waals surface area (Å²) in [5, 5.41) is 10.3. The van der Waals surface area contributed by atoms with Crippen molar-refractivity contribution in [2.45, 2.75) is 69.6 Å². The number of hydrogen-bond acceptors (Lipinski definition) is 3. The van der Waals surface area contributed by atoms with E-state index in [0.29, 0.717) is 17.8 Å². The average Bonchev–Trinajstić information content (AvgIpc) is 3.61. The van der Waals surface area contributed by atoms with Crippen LogP contribution in [0, 0.1) is 0 Å². The Balaban J connectivity index is 1.32. The molecular formula is C19H21BrF5N5O. The second-order valence-corrected chi connectivity index (χ2v) is 8.76. The molecular weight excluding hydrogens is 489 g/mol. The molecule has 170 valence electrons. The molecule has 0 spiro atoms. The molecule has 2 fully saturated rings. The third-order valence-electron chi connectivity index (χ3n) is 5.39. The van der Waals surface area contributed by atoms with Crippen LogP contribution in [-0.4, -0.2) is 32.0 Å². The van der Waals surface area contributed by atoms with Crippen molar-refractivity contribution in [3.8, 4) is 0 Å². The molecule has 1 amide bonds. The molecule has 0 aliphatic heterocycles. The lowest BCUT2D eigenvalue weighted by Gasteiger charge is -2.10. The van der Waals surface area contributed by atoms with E-state index in [-0.39, 0.29) is 41.6 Å². The number of carbonyl (C=O) groups excluding carboxylic acids is 1. The van der Waals surface area contributed by atoms with Gasteiger partial charge in [0, 0.05) is 30.6 Å². The first kappa shape index (κ1) is 22.2. The smallest absolute Gasteiger partial charge is 0.354 e. The highest BCUT2D eigenvalue weighted by atomic mass is 79.9. The molecule has 2 aliphatic rings. The lowest BCUT2D eigenvalue weighted by Crippen LogP contribution is -2.30. The summed E-state index contributed by atoms with van der Waals surface area (Å²) >= 11 is 3.18. The SMILES string of the molecule is O=C(Cn1nc(C(F)F)c(Br)c1C1CC1)NCCCn1nc(C(F)(F)F)cc1C1CC1. The van der Waals surface area contributed by atoms with E-state index in [1.165, 1.54) is 9.36 Å². The van der Waals surface area contributed by atoms with Gasteiger partial charge in [0.2, 0.25) is 5.91 Å². The number of aromatic nitrogens is 4. The van der Waals surface area contributed by atoms with Gasteiger partial charge >= 0.3 is 6.18 Å². The molecule has 2 aliphatic carbocycles. The number of nitrogens with zero attached hydrogens (tertiary/aromatic N) is 4. The van der Waals surface area contributed by atoms with Crippen molar-refractivity contribution in [3.05, 3.63) is 33.3 Å². The van der Waals surface area contributed by atoms with Gasteiger partial charge in [-0.15, -0.1) is 0 Å². The zero-order chi connectivity index (χ0) is 22.3. The Kier molecular flexibility index (Phi) is 6.10. The third-order valence-corrected chi connectivity index (χ3v) is 6.20. The van der Waals surface area contributed by atoms with Gasteiger partial charge in [-0.25, -0.2) is 8.78 Å². The minimum absolute atomic E-state index is 0.112. The number of alkyl halides is 5.